The second-order valence-electron chi connectivity index (χ2n) is 5.64. The molecule has 27 heavy (non-hydrogen) atoms. The number of pyridine rings is 1. The first-order valence-electron chi connectivity index (χ1n) is 8.21. The molecule has 0 saturated heterocycles. The number of halogens is 2. The molecule has 0 amide bonds. The lowest BCUT2D eigenvalue weighted by atomic mass is 9.99. The summed E-state index contributed by atoms with van der Waals surface area (Å²) >= 11 is 12.4. The first-order valence-corrected chi connectivity index (χ1v) is 8.96. The van der Waals surface area contributed by atoms with Crippen LogP contribution in [0.15, 0.2) is 36.9 Å². The maximum atomic E-state index is 12.3. The van der Waals surface area contributed by atoms with Gasteiger partial charge in [0.2, 0.25) is 0 Å². The van der Waals surface area contributed by atoms with Crippen LogP contribution in [0.4, 0.5) is 0 Å². The van der Waals surface area contributed by atoms with Crippen molar-refractivity contribution in [3.63, 3.8) is 0 Å². The number of benzene rings is 1. The lowest BCUT2D eigenvalue weighted by Gasteiger charge is -2.16. The van der Waals surface area contributed by atoms with Gasteiger partial charge in [-0.2, -0.15) is 5.10 Å². The SMILES string of the molecule is CCOC(=O)c1cc(Cn2cncn2)c(CN)c(-c2ccc(Cl)cc2Cl)n1. The molecule has 0 aliphatic rings. The van der Waals surface area contributed by atoms with Crippen molar-refractivity contribution < 1.29 is 9.53 Å². The minimum absolute atomic E-state index is 0.171. The van der Waals surface area contributed by atoms with Crippen LogP contribution >= 0.6 is 23.2 Å². The van der Waals surface area contributed by atoms with Gasteiger partial charge in [-0.1, -0.05) is 23.2 Å². The van der Waals surface area contributed by atoms with Gasteiger partial charge in [0.1, 0.15) is 18.3 Å². The highest BCUT2D eigenvalue weighted by atomic mass is 35.5. The highest BCUT2D eigenvalue weighted by molar-refractivity contribution is 6.36. The molecule has 0 bridgehead atoms. The maximum Gasteiger partial charge on any atom is 0.356 e. The zero-order valence-corrected chi connectivity index (χ0v) is 16.0. The van der Waals surface area contributed by atoms with E-state index in [0.29, 0.717) is 27.8 Å². The first-order chi connectivity index (χ1) is 13.0. The number of hydrogen-bond donors (Lipinski definition) is 1. The van der Waals surface area contributed by atoms with Crippen LogP contribution in [0.25, 0.3) is 11.3 Å². The van der Waals surface area contributed by atoms with E-state index in [1.807, 2.05) is 0 Å². The molecule has 140 valence electrons. The highest BCUT2D eigenvalue weighted by Gasteiger charge is 2.20. The molecule has 2 aromatic heterocycles. The quantitative estimate of drug-likeness (QED) is 0.631. The number of nitrogens with two attached hydrogens (primary N) is 1. The number of rotatable bonds is 6. The Hall–Kier alpha value is -2.48. The van der Waals surface area contributed by atoms with Gasteiger partial charge in [-0.25, -0.2) is 19.4 Å². The second-order valence-corrected chi connectivity index (χ2v) is 6.48. The Labute approximate surface area is 166 Å². The maximum absolute atomic E-state index is 12.3. The van der Waals surface area contributed by atoms with Crippen LogP contribution in [0.5, 0.6) is 0 Å². The van der Waals surface area contributed by atoms with Gasteiger partial charge in [0.05, 0.1) is 23.9 Å². The van der Waals surface area contributed by atoms with E-state index in [4.69, 9.17) is 33.7 Å². The molecule has 0 atom stereocenters. The Morgan fingerprint density at radius 1 is 1.30 bits per heavy atom. The third kappa shape index (κ3) is 4.27. The van der Waals surface area contributed by atoms with E-state index in [2.05, 4.69) is 15.1 Å². The lowest BCUT2D eigenvalue weighted by molar-refractivity contribution is 0.0519. The highest BCUT2D eigenvalue weighted by Crippen LogP contribution is 2.33. The predicted octanol–water partition coefficient (Wildman–Crippen LogP) is 3.33. The van der Waals surface area contributed by atoms with Gasteiger partial charge in [-0.3, -0.25) is 0 Å². The largest absolute Gasteiger partial charge is 0.461 e. The molecule has 2 heterocycles. The van der Waals surface area contributed by atoms with Crippen LogP contribution < -0.4 is 5.73 Å². The van der Waals surface area contributed by atoms with Crippen LogP contribution in [0, 0.1) is 0 Å². The predicted molar refractivity (Wildman–Crippen MR) is 103 cm³/mol. The van der Waals surface area contributed by atoms with E-state index in [1.54, 1.807) is 42.2 Å². The van der Waals surface area contributed by atoms with Crippen molar-refractivity contribution in [2.45, 2.75) is 20.0 Å². The minimum atomic E-state index is -0.521. The summed E-state index contributed by atoms with van der Waals surface area (Å²) < 4.78 is 6.75. The van der Waals surface area contributed by atoms with Crippen LogP contribution in [-0.2, 0) is 17.8 Å². The van der Waals surface area contributed by atoms with Crippen LogP contribution in [0.3, 0.4) is 0 Å². The number of carbonyl (C=O) groups excluding carboxylic acids is 1. The molecule has 1 aromatic carbocycles. The van der Waals surface area contributed by atoms with Crippen molar-refractivity contribution in [3.05, 3.63) is 63.8 Å². The van der Waals surface area contributed by atoms with Gasteiger partial charge in [-0.15, -0.1) is 0 Å². The van der Waals surface area contributed by atoms with Crippen LogP contribution in [-0.4, -0.2) is 32.3 Å². The number of hydrogen-bond acceptors (Lipinski definition) is 6. The molecule has 2 N–H and O–H groups in total. The Kier molecular flexibility index (Phi) is 6.05. The zero-order chi connectivity index (χ0) is 19.4. The minimum Gasteiger partial charge on any atom is -0.461 e. The van der Waals surface area contributed by atoms with E-state index in [1.165, 1.54) is 6.33 Å². The molecule has 0 spiro atoms. The van der Waals surface area contributed by atoms with E-state index in [0.717, 1.165) is 11.1 Å². The monoisotopic (exact) mass is 405 g/mol. The van der Waals surface area contributed by atoms with Crippen molar-refractivity contribution in [2.24, 2.45) is 5.73 Å². The molecule has 3 rings (SSSR count). The van der Waals surface area contributed by atoms with Crippen LogP contribution in [0.2, 0.25) is 10.0 Å². The molecule has 0 unspecified atom stereocenters. The van der Waals surface area contributed by atoms with Gasteiger partial charge < -0.3 is 10.5 Å². The number of aromatic nitrogens is 4. The number of carbonyl (C=O) groups is 1. The fourth-order valence-corrected chi connectivity index (χ4v) is 3.19. The fraction of sp³-hybridized carbons (Fsp3) is 0.222. The fourth-order valence-electron chi connectivity index (χ4n) is 2.70. The van der Waals surface area contributed by atoms with Gasteiger partial charge in [0.15, 0.2) is 0 Å². The number of ether oxygens (including phenoxy) is 1. The average Bonchev–Trinajstić information content (AvgIpc) is 3.14. The molecule has 7 nitrogen and oxygen atoms in total. The summed E-state index contributed by atoms with van der Waals surface area (Å²) in [6.45, 7) is 2.56. The normalized spacial score (nSPS) is 10.8. The van der Waals surface area contributed by atoms with Crippen molar-refractivity contribution in [3.8, 4) is 11.3 Å². The van der Waals surface area contributed by atoms with E-state index < -0.39 is 5.97 Å². The van der Waals surface area contributed by atoms with Crippen molar-refractivity contribution in [2.75, 3.05) is 6.61 Å². The Morgan fingerprint density at radius 3 is 2.74 bits per heavy atom. The van der Waals surface area contributed by atoms with E-state index in [-0.39, 0.29) is 18.8 Å². The second kappa shape index (κ2) is 8.47. The molecular weight excluding hydrogens is 389 g/mol. The first kappa shape index (κ1) is 19.3. The summed E-state index contributed by atoms with van der Waals surface area (Å²) in [5, 5.41) is 5.03. The zero-order valence-electron chi connectivity index (χ0n) is 14.5. The Balaban J connectivity index is 2.19. The molecule has 0 fully saturated rings. The molecule has 0 aliphatic heterocycles. The summed E-state index contributed by atoms with van der Waals surface area (Å²) in [5.41, 5.74) is 8.86. The summed E-state index contributed by atoms with van der Waals surface area (Å²) in [4.78, 5) is 20.7. The Bertz CT molecular complexity index is 961. The topological polar surface area (TPSA) is 95.9 Å². The van der Waals surface area contributed by atoms with Gasteiger partial charge >= 0.3 is 5.97 Å². The summed E-state index contributed by atoms with van der Waals surface area (Å²) in [5.74, 6) is -0.521. The summed E-state index contributed by atoms with van der Waals surface area (Å²) in [6, 6.07) is 6.74. The van der Waals surface area contributed by atoms with Gasteiger partial charge in [-0.05, 0) is 42.3 Å². The van der Waals surface area contributed by atoms with Gasteiger partial charge in [0.25, 0.3) is 0 Å². The van der Waals surface area contributed by atoms with E-state index >= 15 is 0 Å². The van der Waals surface area contributed by atoms with Crippen molar-refractivity contribution in [1.82, 2.24) is 19.7 Å². The molecule has 0 aliphatic carbocycles. The van der Waals surface area contributed by atoms with E-state index in [9.17, 15) is 4.79 Å². The summed E-state index contributed by atoms with van der Waals surface area (Å²) in [7, 11) is 0. The molecule has 9 heteroatoms. The molecule has 3 aromatic rings. The number of nitrogens with zero attached hydrogens (tertiary/aromatic N) is 4. The van der Waals surface area contributed by atoms with Crippen molar-refractivity contribution in [1.29, 1.82) is 0 Å². The Morgan fingerprint density at radius 2 is 2.11 bits per heavy atom. The number of esters is 1. The summed E-state index contributed by atoms with van der Waals surface area (Å²) in [6.07, 6.45) is 3.02. The standard InChI is InChI=1S/C18H17Cl2N5O2/c1-2-27-18(26)16-5-11(8-25-10-22-9-23-25)14(7-21)17(24-16)13-4-3-12(19)6-15(13)20/h3-6,9-10H,2,7-8,21H2,1H3. The third-order valence-electron chi connectivity index (χ3n) is 3.89. The molecular formula is C18H17Cl2N5O2. The molecule has 0 radical (unpaired) electrons. The van der Waals surface area contributed by atoms with Crippen LogP contribution in [0.1, 0.15) is 28.5 Å². The smallest absolute Gasteiger partial charge is 0.356 e. The molecule has 0 saturated carbocycles. The third-order valence-corrected chi connectivity index (χ3v) is 4.44. The van der Waals surface area contributed by atoms with Crippen molar-refractivity contribution >= 4 is 29.2 Å². The van der Waals surface area contributed by atoms with Gasteiger partial charge in [0, 0.05) is 17.1 Å². The average molecular weight is 406 g/mol. The lowest BCUT2D eigenvalue weighted by Crippen LogP contribution is -2.15.